The van der Waals surface area contributed by atoms with Crippen LogP contribution in [0.5, 0.6) is 5.88 Å². The molecule has 6 heteroatoms. The summed E-state index contributed by atoms with van der Waals surface area (Å²) < 4.78 is 5.25. The highest BCUT2D eigenvalue weighted by atomic mass is 32.1. The molecule has 2 N–H and O–H groups in total. The Bertz CT molecular complexity index is 729. The normalized spacial score (nSPS) is 12.1. The van der Waals surface area contributed by atoms with Crippen molar-refractivity contribution in [1.82, 2.24) is 15.2 Å². The molecular weight excluding hydrogens is 284 g/mol. The average molecular weight is 298 g/mol. The van der Waals surface area contributed by atoms with E-state index in [4.69, 9.17) is 10.5 Å². The average Bonchev–Trinajstić information content (AvgIpc) is 3.04. The van der Waals surface area contributed by atoms with Gasteiger partial charge in [0.1, 0.15) is 5.01 Å². The summed E-state index contributed by atoms with van der Waals surface area (Å²) in [5, 5.41) is 9.93. The molecule has 1 aromatic carbocycles. The number of pyridine rings is 1. The zero-order chi connectivity index (χ0) is 14.7. The molecule has 21 heavy (non-hydrogen) atoms. The van der Waals surface area contributed by atoms with Gasteiger partial charge in [0.15, 0.2) is 5.01 Å². The first-order chi connectivity index (χ1) is 10.3. The van der Waals surface area contributed by atoms with Crippen LogP contribution in [-0.2, 0) is 0 Å². The maximum atomic E-state index is 6.24. The monoisotopic (exact) mass is 298 g/mol. The maximum absolute atomic E-state index is 6.24. The van der Waals surface area contributed by atoms with Gasteiger partial charge in [0, 0.05) is 6.20 Å². The van der Waals surface area contributed by atoms with Crippen molar-refractivity contribution >= 4 is 11.3 Å². The van der Waals surface area contributed by atoms with E-state index in [9.17, 15) is 0 Å². The quantitative estimate of drug-likeness (QED) is 0.801. The third-order valence-electron chi connectivity index (χ3n) is 3.06. The van der Waals surface area contributed by atoms with Gasteiger partial charge in [-0.25, -0.2) is 4.98 Å². The van der Waals surface area contributed by atoms with E-state index in [0.29, 0.717) is 5.88 Å². The summed E-state index contributed by atoms with van der Waals surface area (Å²) in [5.41, 5.74) is 8.07. The summed E-state index contributed by atoms with van der Waals surface area (Å²) >= 11 is 1.45. The van der Waals surface area contributed by atoms with Crippen LogP contribution >= 0.6 is 11.3 Å². The van der Waals surface area contributed by atoms with Gasteiger partial charge < -0.3 is 10.5 Å². The van der Waals surface area contributed by atoms with Crippen LogP contribution in [-0.4, -0.2) is 22.3 Å². The van der Waals surface area contributed by atoms with Crippen LogP contribution in [0.2, 0.25) is 0 Å². The molecule has 0 saturated heterocycles. The van der Waals surface area contributed by atoms with Crippen molar-refractivity contribution in [2.45, 2.75) is 6.04 Å². The molecule has 1 atom stereocenters. The molecule has 2 aromatic heterocycles. The number of benzene rings is 1. The SMILES string of the molecule is COc1ncccc1-c1nnc(C(N)c2ccccc2)s1. The summed E-state index contributed by atoms with van der Waals surface area (Å²) in [6.45, 7) is 0. The first-order valence-electron chi connectivity index (χ1n) is 6.43. The Morgan fingerprint density at radius 2 is 1.90 bits per heavy atom. The van der Waals surface area contributed by atoms with Crippen LogP contribution in [0.15, 0.2) is 48.7 Å². The highest BCUT2D eigenvalue weighted by molar-refractivity contribution is 7.14. The van der Waals surface area contributed by atoms with E-state index in [1.54, 1.807) is 13.3 Å². The standard InChI is InChI=1S/C15H14N4OS/c1-20-13-11(8-5-9-17-13)14-18-19-15(21-14)12(16)10-6-3-2-4-7-10/h2-9,12H,16H2,1H3. The Kier molecular flexibility index (Phi) is 3.89. The van der Waals surface area contributed by atoms with Crippen molar-refractivity contribution in [3.05, 3.63) is 59.2 Å². The number of nitrogens with two attached hydrogens (primary N) is 1. The molecule has 1 unspecified atom stereocenters. The third-order valence-corrected chi connectivity index (χ3v) is 4.10. The Hall–Kier alpha value is -2.31. The van der Waals surface area contributed by atoms with Gasteiger partial charge in [0.25, 0.3) is 0 Å². The zero-order valence-electron chi connectivity index (χ0n) is 11.4. The van der Waals surface area contributed by atoms with Crippen LogP contribution in [0.3, 0.4) is 0 Å². The molecule has 2 heterocycles. The van der Waals surface area contributed by atoms with Gasteiger partial charge in [-0.05, 0) is 17.7 Å². The van der Waals surface area contributed by atoms with E-state index in [0.717, 1.165) is 21.1 Å². The predicted octanol–water partition coefficient (Wildman–Crippen LogP) is 2.66. The molecule has 0 spiro atoms. The van der Waals surface area contributed by atoms with E-state index in [2.05, 4.69) is 15.2 Å². The number of ether oxygens (including phenoxy) is 1. The number of nitrogens with zero attached hydrogens (tertiary/aromatic N) is 3. The highest BCUT2D eigenvalue weighted by Gasteiger charge is 2.17. The van der Waals surface area contributed by atoms with Crippen molar-refractivity contribution in [3.63, 3.8) is 0 Å². The molecular formula is C15H14N4OS. The van der Waals surface area contributed by atoms with Crippen LogP contribution in [0.4, 0.5) is 0 Å². The largest absolute Gasteiger partial charge is 0.480 e. The summed E-state index contributed by atoms with van der Waals surface area (Å²) in [7, 11) is 1.59. The number of aromatic nitrogens is 3. The second-order valence-electron chi connectivity index (χ2n) is 4.39. The number of methoxy groups -OCH3 is 1. The Morgan fingerprint density at radius 1 is 1.10 bits per heavy atom. The lowest BCUT2D eigenvalue weighted by molar-refractivity contribution is 0.399. The molecule has 0 fully saturated rings. The van der Waals surface area contributed by atoms with Gasteiger partial charge in [-0.3, -0.25) is 0 Å². The Balaban J connectivity index is 1.93. The van der Waals surface area contributed by atoms with E-state index >= 15 is 0 Å². The minimum Gasteiger partial charge on any atom is -0.480 e. The van der Waals surface area contributed by atoms with Crippen LogP contribution < -0.4 is 10.5 Å². The second-order valence-corrected chi connectivity index (χ2v) is 5.40. The molecule has 0 radical (unpaired) electrons. The van der Waals surface area contributed by atoms with Crippen molar-refractivity contribution in [2.75, 3.05) is 7.11 Å². The first kappa shape index (κ1) is 13.7. The lowest BCUT2D eigenvalue weighted by Crippen LogP contribution is -2.11. The lowest BCUT2D eigenvalue weighted by Gasteiger charge is -2.07. The summed E-state index contributed by atoms with van der Waals surface area (Å²) in [5.74, 6) is 0.536. The number of hydrogen-bond acceptors (Lipinski definition) is 6. The molecule has 0 aliphatic heterocycles. The van der Waals surface area contributed by atoms with Crippen molar-refractivity contribution in [3.8, 4) is 16.5 Å². The summed E-state index contributed by atoms with van der Waals surface area (Å²) in [4.78, 5) is 4.17. The second kappa shape index (κ2) is 5.99. The maximum Gasteiger partial charge on any atom is 0.223 e. The van der Waals surface area contributed by atoms with Gasteiger partial charge in [-0.2, -0.15) is 0 Å². The molecule has 0 aliphatic rings. The van der Waals surface area contributed by atoms with Gasteiger partial charge in [0.05, 0.1) is 18.7 Å². The van der Waals surface area contributed by atoms with Crippen molar-refractivity contribution in [1.29, 1.82) is 0 Å². The molecule has 5 nitrogen and oxygen atoms in total. The highest BCUT2D eigenvalue weighted by Crippen LogP contribution is 2.32. The summed E-state index contributed by atoms with van der Waals surface area (Å²) in [6, 6.07) is 13.3. The topological polar surface area (TPSA) is 73.9 Å². The van der Waals surface area contributed by atoms with E-state index in [-0.39, 0.29) is 6.04 Å². The summed E-state index contributed by atoms with van der Waals surface area (Å²) in [6.07, 6.45) is 1.68. The van der Waals surface area contributed by atoms with E-state index in [1.165, 1.54) is 11.3 Å². The lowest BCUT2D eigenvalue weighted by atomic mass is 10.1. The fourth-order valence-electron chi connectivity index (χ4n) is 1.99. The predicted molar refractivity (Wildman–Crippen MR) is 82.2 cm³/mol. The molecule has 3 aromatic rings. The van der Waals surface area contributed by atoms with Crippen molar-refractivity contribution in [2.24, 2.45) is 5.73 Å². The minimum absolute atomic E-state index is 0.278. The molecule has 0 aliphatic carbocycles. The number of rotatable bonds is 4. The van der Waals surface area contributed by atoms with Gasteiger partial charge in [-0.1, -0.05) is 41.7 Å². The van der Waals surface area contributed by atoms with Gasteiger partial charge in [-0.15, -0.1) is 10.2 Å². The molecule has 0 amide bonds. The minimum atomic E-state index is -0.278. The Morgan fingerprint density at radius 3 is 2.67 bits per heavy atom. The Labute approximate surface area is 126 Å². The van der Waals surface area contributed by atoms with Crippen molar-refractivity contribution < 1.29 is 4.74 Å². The van der Waals surface area contributed by atoms with Gasteiger partial charge in [0.2, 0.25) is 5.88 Å². The first-order valence-corrected chi connectivity index (χ1v) is 7.24. The van der Waals surface area contributed by atoms with Crippen LogP contribution in [0.1, 0.15) is 16.6 Å². The van der Waals surface area contributed by atoms with Crippen LogP contribution in [0.25, 0.3) is 10.6 Å². The zero-order valence-corrected chi connectivity index (χ0v) is 12.2. The fourth-order valence-corrected chi connectivity index (χ4v) is 2.88. The molecule has 0 bridgehead atoms. The fraction of sp³-hybridized carbons (Fsp3) is 0.133. The smallest absolute Gasteiger partial charge is 0.223 e. The molecule has 106 valence electrons. The van der Waals surface area contributed by atoms with E-state index < -0.39 is 0 Å². The third kappa shape index (κ3) is 2.76. The number of hydrogen-bond donors (Lipinski definition) is 1. The molecule has 0 saturated carbocycles. The van der Waals surface area contributed by atoms with Gasteiger partial charge >= 0.3 is 0 Å². The van der Waals surface area contributed by atoms with Crippen LogP contribution in [0, 0.1) is 0 Å². The molecule has 3 rings (SSSR count). The van der Waals surface area contributed by atoms with E-state index in [1.807, 2.05) is 42.5 Å².